The van der Waals surface area contributed by atoms with E-state index in [1.54, 1.807) is 30.4 Å². The molecule has 1 N–H and O–H groups in total. The van der Waals surface area contributed by atoms with E-state index >= 15 is 0 Å². The van der Waals surface area contributed by atoms with Crippen LogP contribution in [0.25, 0.3) is 0 Å². The number of alkyl halides is 3. The molecule has 1 heterocycles. The average molecular weight is 332 g/mol. The first-order valence-corrected chi connectivity index (χ1v) is 6.75. The van der Waals surface area contributed by atoms with Gasteiger partial charge in [0.25, 0.3) is 5.91 Å². The fourth-order valence-corrected chi connectivity index (χ4v) is 1.76. The van der Waals surface area contributed by atoms with Crippen molar-refractivity contribution in [2.75, 3.05) is 26.4 Å². The first-order valence-electron chi connectivity index (χ1n) is 6.75. The quantitative estimate of drug-likeness (QED) is 0.660. The van der Waals surface area contributed by atoms with Crippen LogP contribution in [0.2, 0.25) is 0 Å². The molecular weight excluding hydrogens is 317 g/mol. The molecule has 0 aliphatic carbocycles. The van der Waals surface area contributed by atoms with E-state index in [9.17, 15) is 18.0 Å². The van der Waals surface area contributed by atoms with E-state index in [1.807, 2.05) is 0 Å². The molecule has 1 aliphatic rings. The summed E-state index contributed by atoms with van der Waals surface area (Å²) in [6.45, 7) is 0.565. The lowest BCUT2D eigenvalue weighted by Gasteiger charge is -2.18. The highest BCUT2D eigenvalue weighted by Crippen LogP contribution is 2.30. The van der Waals surface area contributed by atoms with Crippen molar-refractivity contribution in [3.63, 3.8) is 0 Å². The van der Waals surface area contributed by atoms with E-state index < -0.39 is 25.2 Å². The van der Waals surface area contributed by atoms with Crippen molar-refractivity contribution in [3.05, 3.63) is 23.8 Å². The summed E-state index contributed by atoms with van der Waals surface area (Å²) in [5.41, 5.74) is 1.13. The summed E-state index contributed by atoms with van der Waals surface area (Å²) in [5.74, 6) is 0.299. The minimum Gasteiger partial charge on any atom is -0.486 e. The zero-order chi connectivity index (χ0) is 16.9. The lowest BCUT2D eigenvalue weighted by Crippen LogP contribution is -2.35. The fourth-order valence-electron chi connectivity index (χ4n) is 1.76. The molecule has 0 unspecified atom stereocenters. The van der Waals surface area contributed by atoms with Gasteiger partial charge >= 0.3 is 6.18 Å². The van der Waals surface area contributed by atoms with Crippen LogP contribution in [0.1, 0.15) is 12.5 Å². The number of amides is 1. The van der Waals surface area contributed by atoms with Crippen LogP contribution in [0.15, 0.2) is 23.4 Å². The molecule has 1 aromatic rings. The van der Waals surface area contributed by atoms with E-state index in [2.05, 4.69) is 5.16 Å². The van der Waals surface area contributed by atoms with Crippen molar-refractivity contribution in [3.8, 4) is 11.5 Å². The average Bonchev–Trinajstić information content (AvgIpc) is 2.51. The second-order valence-corrected chi connectivity index (χ2v) is 4.70. The molecule has 23 heavy (non-hydrogen) atoms. The third-order valence-electron chi connectivity index (χ3n) is 2.84. The molecule has 0 spiro atoms. The molecule has 6 nitrogen and oxygen atoms in total. The van der Waals surface area contributed by atoms with Gasteiger partial charge in [0.1, 0.15) is 19.8 Å². The lowest BCUT2D eigenvalue weighted by atomic mass is 10.1. The number of nitrogens with one attached hydrogen (secondary N) is 1. The number of nitrogens with zero attached hydrogens (tertiary/aromatic N) is 1. The Labute approximate surface area is 130 Å². The first-order chi connectivity index (χ1) is 10.8. The summed E-state index contributed by atoms with van der Waals surface area (Å²) in [6.07, 6.45) is -4.46. The van der Waals surface area contributed by atoms with Crippen LogP contribution in [0.5, 0.6) is 11.5 Å². The number of hydrogen-bond donors (Lipinski definition) is 1. The van der Waals surface area contributed by atoms with Gasteiger partial charge in [-0.25, -0.2) is 0 Å². The number of ether oxygens (including phenoxy) is 2. The smallest absolute Gasteiger partial charge is 0.405 e. The number of fused-ring (bicyclic) bond motifs is 1. The van der Waals surface area contributed by atoms with Crippen molar-refractivity contribution < 1.29 is 32.3 Å². The molecular formula is C14H15F3N2O4. The van der Waals surface area contributed by atoms with Gasteiger partial charge in [-0.05, 0) is 25.1 Å². The zero-order valence-corrected chi connectivity index (χ0v) is 12.3. The third-order valence-corrected chi connectivity index (χ3v) is 2.84. The second kappa shape index (κ2) is 7.21. The molecule has 0 saturated heterocycles. The Balaban J connectivity index is 1.86. The molecule has 1 aromatic carbocycles. The maximum Gasteiger partial charge on any atom is 0.405 e. The Kier molecular flexibility index (Phi) is 5.30. The van der Waals surface area contributed by atoms with Crippen LogP contribution in [0.4, 0.5) is 13.2 Å². The van der Waals surface area contributed by atoms with Crippen molar-refractivity contribution in [1.29, 1.82) is 0 Å². The van der Waals surface area contributed by atoms with Crippen LogP contribution in [0.3, 0.4) is 0 Å². The molecule has 2 rings (SSSR count). The molecule has 0 radical (unpaired) electrons. The van der Waals surface area contributed by atoms with Crippen molar-refractivity contribution in [2.45, 2.75) is 13.1 Å². The summed E-state index contributed by atoms with van der Waals surface area (Å²) >= 11 is 0. The van der Waals surface area contributed by atoms with Crippen molar-refractivity contribution in [2.24, 2.45) is 5.16 Å². The highest BCUT2D eigenvalue weighted by molar-refractivity contribution is 5.99. The number of carbonyl (C=O) groups is 1. The van der Waals surface area contributed by atoms with Crippen molar-refractivity contribution >= 4 is 11.6 Å². The second-order valence-electron chi connectivity index (χ2n) is 4.70. The summed E-state index contributed by atoms with van der Waals surface area (Å²) in [5, 5.41) is 5.39. The summed E-state index contributed by atoms with van der Waals surface area (Å²) in [6, 6.07) is 5.17. The minimum atomic E-state index is -4.46. The molecule has 0 bridgehead atoms. The van der Waals surface area contributed by atoms with Crippen LogP contribution in [-0.4, -0.2) is 44.2 Å². The Hall–Kier alpha value is -2.45. The standard InChI is InChI=1S/C14H15F3N2O4/c1-9(19-23-7-13(20)18-8-14(15,16)17)10-2-3-11-12(6-10)22-5-4-21-11/h2-3,6H,4-5,7-8H2,1H3,(H,18,20)/b19-9+. The van der Waals surface area contributed by atoms with E-state index in [0.29, 0.717) is 36.0 Å². The van der Waals surface area contributed by atoms with E-state index in [4.69, 9.17) is 14.3 Å². The molecule has 1 aliphatic heterocycles. The third kappa shape index (κ3) is 5.35. The monoisotopic (exact) mass is 332 g/mol. The van der Waals surface area contributed by atoms with Gasteiger partial charge < -0.3 is 19.6 Å². The van der Waals surface area contributed by atoms with E-state index in [0.717, 1.165) is 0 Å². The largest absolute Gasteiger partial charge is 0.486 e. The Bertz CT molecular complexity index is 602. The van der Waals surface area contributed by atoms with E-state index in [1.165, 1.54) is 0 Å². The Morgan fingerprint density at radius 2 is 2.00 bits per heavy atom. The van der Waals surface area contributed by atoms with E-state index in [-0.39, 0.29) is 0 Å². The van der Waals surface area contributed by atoms with Gasteiger partial charge in [0.15, 0.2) is 18.1 Å². The van der Waals surface area contributed by atoms with Gasteiger partial charge in [-0.2, -0.15) is 13.2 Å². The Morgan fingerprint density at radius 1 is 1.30 bits per heavy atom. The summed E-state index contributed by atoms with van der Waals surface area (Å²) in [4.78, 5) is 15.9. The molecule has 0 atom stereocenters. The van der Waals surface area contributed by atoms with Gasteiger partial charge in [-0.1, -0.05) is 5.16 Å². The molecule has 0 fully saturated rings. The van der Waals surface area contributed by atoms with Gasteiger partial charge in [0.05, 0.1) is 5.71 Å². The van der Waals surface area contributed by atoms with Gasteiger partial charge in [0.2, 0.25) is 0 Å². The number of hydrogen-bond acceptors (Lipinski definition) is 5. The summed E-state index contributed by atoms with van der Waals surface area (Å²) < 4.78 is 46.6. The van der Waals surface area contributed by atoms with Gasteiger partial charge in [0, 0.05) is 5.56 Å². The van der Waals surface area contributed by atoms with Crippen LogP contribution in [-0.2, 0) is 9.63 Å². The van der Waals surface area contributed by atoms with Crippen LogP contribution in [0, 0.1) is 0 Å². The van der Waals surface area contributed by atoms with Gasteiger partial charge in [-0.15, -0.1) is 0 Å². The number of oxime groups is 1. The predicted octanol–water partition coefficient (Wildman–Crippen LogP) is 1.88. The lowest BCUT2D eigenvalue weighted by molar-refractivity contribution is -0.141. The highest BCUT2D eigenvalue weighted by atomic mass is 19.4. The highest BCUT2D eigenvalue weighted by Gasteiger charge is 2.27. The fraction of sp³-hybridized carbons (Fsp3) is 0.429. The van der Waals surface area contributed by atoms with Gasteiger partial charge in [-0.3, -0.25) is 4.79 Å². The maximum atomic E-state index is 11.9. The minimum absolute atomic E-state index is 0.447. The molecule has 0 saturated carbocycles. The zero-order valence-electron chi connectivity index (χ0n) is 12.3. The Morgan fingerprint density at radius 3 is 2.70 bits per heavy atom. The normalized spacial score (nSPS) is 14.3. The number of halogens is 3. The van der Waals surface area contributed by atoms with Crippen molar-refractivity contribution in [1.82, 2.24) is 5.32 Å². The molecule has 1 amide bonds. The topological polar surface area (TPSA) is 69.2 Å². The van der Waals surface area contributed by atoms with Crippen LogP contribution >= 0.6 is 0 Å². The number of rotatable bonds is 5. The SMILES string of the molecule is C/C(=N\OCC(=O)NCC(F)(F)F)c1ccc2c(c1)OCCO2. The molecule has 9 heteroatoms. The molecule has 0 aromatic heterocycles. The number of benzene rings is 1. The molecule has 126 valence electrons. The maximum absolute atomic E-state index is 11.9. The predicted molar refractivity (Wildman–Crippen MR) is 74.7 cm³/mol. The number of carbonyl (C=O) groups excluding carboxylic acids is 1. The first kappa shape index (κ1) is 16.9. The van der Waals surface area contributed by atoms with Crippen LogP contribution < -0.4 is 14.8 Å². The summed E-state index contributed by atoms with van der Waals surface area (Å²) in [7, 11) is 0.